The van der Waals surface area contributed by atoms with E-state index in [1.54, 1.807) is 0 Å². The Morgan fingerprint density at radius 1 is 1.48 bits per heavy atom. The molecule has 2 aliphatic heterocycles. The average Bonchev–Trinajstić information content (AvgIpc) is 3.14. The number of carbonyl (C=O) groups excluding carboxylic acids is 3. The van der Waals surface area contributed by atoms with Crippen molar-refractivity contribution in [3.8, 4) is 0 Å². The number of carboxylic acid groups (broad SMARTS) is 1. The lowest BCUT2D eigenvalue weighted by Crippen LogP contribution is -2.71. The van der Waals surface area contributed by atoms with Gasteiger partial charge in [-0.25, -0.2) is 9.78 Å². The zero-order valence-electron chi connectivity index (χ0n) is 16.1. The standard InChI is InChI=1S/C16H18N6O6S3/c1-28-21-9(7-4-31-16(18)19-7)12(24)20-10-13(25)22-11(15(26)27)6(3-30-14(10)22)2-29-5-8(17)23/h4,10,14H,2-3,5H2,1H3,(H2,17,23)(H2,18,19)(H,20,24)(H,26,27)/b21-9-/t10-,14-/m1/s1. The lowest BCUT2D eigenvalue weighted by molar-refractivity contribution is -0.150. The highest BCUT2D eigenvalue weighted by Crippen LogP contribution is 2.41. The van der Waals surface area contributed by atoms with Gasteiger partial charge in [-0.15, -0.1) is 34.9 Å². The van der Waals surface area contributed by atoms with Gasteiger partial charge >= 0.3 is 5.97 Å². The number of primary amides is 1. The maximum Gasteiger partial charge on any atom is 0.352 e. The summed E-state index contributed by atoms with van der Waals surface area (Å²) < 4.78 is 0. The molecule has 12 nitrogen and oxygen atoms in total. The maximum absolute atomic E-state index is 12.7. The summed E-state index contributed by atoms with van der Waals surface area (Å²) in [5.41, 5.74) is 11.1. The van der Waals surface area contributed by atoms with Gasteiger partial charge in [-0.3, -0.25) is 19.3 Å². The summed E-state index contributed by atoms with van der Waals surface area (Å²) in [5, 5.41) is 17.0. The van der Waals surface area contributed by atoms with Crippen molar-refractivity contribution in [2.75, 3.05) is 30.1 Å². The van der Waals surface area contributed by atoms with E-state index in [0.29, 0.717) is 11.3 Å². The first-order chi connectivity index (χ1) is 14.7. The van der Waals surface area contributed by atoms with Crippen LogP contribution in [0.15, 0.2) is 21.8 Å². The first-order valence-electron chi connectivity index (χ1n) is 8.64. The van der Waals surface area contributed by atoms with Crippen LogP contribution >= 0.6 is 34.9 Å². The van der Waals surface area contributed by atoms with Crippen LogP contribution in [0.25, 0.3) is 0 Å². The van der Waals surface area contributed by atoms with Gasteiger partial charge in [0.2, 0.25) is 5.91 Å². The Labute approximate surface area is 188 Å². The van der Waals surface area contributed by atoms with E-state index in [4.69, 9.17) is 16.3 Å². The van der Waals surface area contributed by atoms with Gasteiger partial charge in [0.1, 0.15) is 29.9 Å². The molecule has 3 amide bonds. The highest BCUT2D eigenvalue weighted by Gasteiger charge is 2.54. The fourth-order valence-electron chi connectivity index (χ4n) is 2.97. The Morgan fingerprint density at radius 2 is 2.23 bits per heavy atom. The Balaban J connectivity index is 1.74. The molecular formula is C16H18N6O6S3. The Bertz CT molecular complexity index is 992. The number of nitrogens with zero attached hydrogens (tertiary/aromatic N) is 3. The maximum atomic E-state index is 12.7. The number of β-lactam (4-membered cyclic amide) rings is 1. The summed E-state index contributed by atoms with van der Waals surface area (Å²) in [7, 11) is 1.26. The number of anilines is 1. The van der Waals surface area contributed by atoms with Gasteiger partial charge in [0.25, 0.3) is 11.8 Å². The van der Waals surface area contributed by atoms with E-state index in [1.165, 1.54) is 36.0 Å². The molecule has 2 aliphatic rings. The number of fused-ring (bicyclic) bond motifs is 1. The number of thioether (sulfide) groups is 2. The Hall–Kier alpha value is -2.78. The molecule has 31 heavy (non-hydrogen) atoms. The van der Waals surface area contributed by atoms with E-state index >= 15 is 0 Å². The van der Waals surface area contributed by atoms with Gasteiger partial charge in [0, 0.05) is 16.9 Å². The lowest BCUT2D eigenvalue weighted by atomic mass is 10.0. The highest BCUT2D eigenvalue weighted by molar-refractivity contribution is 8.01. The first-order valence-corrected chi connectivity index (χ1v) is 11.7. The van der Waals surface area contributed by atoms with Crippen molar-refractivity contribution in [1.29, 1.82) is 0 Å². The number of aliphatic carboxylic acids is 1. The minimum absolute atomic E-state index is 0.0415. The van der Waals surface area contributed by atoms with E-state index in [2.05, 4.69) is 15.5 Å². The Morgan fingerprint density at radius 3 is 2.81 bits per heavy atom. The number of nitrogens with two attached hydrogens (primary N) is 2. The number of nitrogen functional groups attached to an aromatic ring is 1. The largest absolute Gasteiger partial charge is 0.477 e. The molecule has 6 N–H and O–H groups in total. The molecule has 0 saturated carbocycles. The van der Waals surface area contributed by atoms with E-state index in [0.717, 1.165) is 16.2 Å². The van der Waals surface area contributed by atoms with Gasteiger partial charge in [-0.05, 0) is 5.57 Å². The number of rotatable bonds is 9. The van der Waals surface area contributed by atoms with E-state index in [-0.39, 0.29) is 33.7 Å². The molecule has 0 aromatic carbocycles. The van der Waals surface area contributed by atoms with Crippen LogP contribution in [-0.2, 0) is 24.0 Å². The minimum atomic E-state index is -1.25. The number of carboxylic acids is 1. The van der Waals surface area contributed by atoms with Crippen molar-refractivity contribution in [2.24, 2.45) is 10.9 Å². The number of thiazole rings is 1. The monoisotopic (exact) mass is 486 g/mol. The van der Waals surface area contributed by atoms with Crippen molar-refractivity contribution >= 4 is 69.4 Å². The molecule has 0 aliphatic carbocycles. The quantitative estimate of drug-likeness (QED) is 0.192. The second-order valence-electron chi connectivity index (χ2n) is 6.27. The number of oxime groups is 1. The summed E-state index contributed by atoms with van der Waals surface area (Å²) in [6, 6.07) is -0.940. The summed E-state index contributed by atoms with van der Waals surface area (Å²) >= 11 is 3.60. The van der Waals surface area contributed by atoms with Crippen LogP contribution in [0.3, 0.4) is 0 Å². The highest BCUT2D eigenvalue weighted by atomic mass is 32.2. The smallest absolute Gasteiger partial charge is 0.352 e. The fraction of sp³-hybridized carbons (Fsp3) is 0.375. The van der Waals surface area contributed by atoms with Gasteiger partial charge in [-0.2, -0.15) is 0 Å². The number of hydrogen-bond acceptors (Lipinski definition) is 11. The number of carbonyl (C=O) groups is 4. The molecule has 0 spiro atoms. The molecular weight excluding hydrogens is 468 g/mol. The van der Waals surface area contributed by atoms with Crippen LogP contribution in [0.1, 0.15) is 5.69 Å². The first kappa shape index (κ1) is 22.9. The average molecular weight is 487 g/mol. The molecule has 1 fully saturated rings. The fourth-order valence-corrected chi connectivity index (χ4v) is 5.78. The normalized spacial score (nSPS) is 20.7. The zero-order chi connectivity index (χ0) is 22.7. The minimum Gasteiger partial charge on any atom is -0.477 e. The third kappa shape index (κ3) is 4.77. The van der Waals surface area contributed by atoms with Crippen LogP contribution in [0.5, 0.6) is 0 Å². The summed E-state index contributed by atoms with van der Waals surface area (Å²) in [4.78, 5) is 58.0. The van der Waals surface area contributed by atoms with E-state index in [1.807, 2.05) is 0 Å². The zero-order valence-corrected chi connectivity index (χ0v) is 18.5. The SMILES string of the molecule is CO/N=C(\C(=O)N[C@@H]1C(=O)N2C(C(=O)O)=C(CSCC(N)=O)CS[C@H]12)c1csc(N)n1. The van der Waals surface area contributed by atoms with Crippen LogP contribution in [-0.4, -0.2) is 80.2 Å². The van der Waals surface area contributed by atoms with Crippen molar-refractivity contribution in [3.63, 3.8) is 0 Å². The third-order valence-corrected chi connectivity index (χ3v) is 7.27. The molecule has 1 saturated heterocycles. The van der Waals surface area contributed by atoms with Crippen molar-refractivity contribution in [3.05, 3.63) is 22.3 Å². The van der Waals surface area contributed by atoms with Crippen LogP contribution in [0, 0.1) is 0 Å². The van der Waals surface area contributed by atoms with E-state index < -0.39 is 35.1 Å². The number of amides is 3. The van der Waals surface area contributed by atoms with Gasteiger partial charge in [0.15, 0.2) is 10.8 Å². The van der Waals surface area contributed by atoms with Gasteiger partial charge in [0.05, 0.1) is 5.75 Å². The molecule has 0 unspecified atom stereocenters. The predicted octanol–water partition coefficient (Wildman–Crippen LogP) is -0.967. The van der Waals surface area contributed by atoms with Crippen molar-refractivity contribution in [1.82, 2.24) is 15.2 Å². The topological polar surface area (TPSA) is 190 Å². The summed E-state index contributed by atoms with van der Waals surface area (Å²) in [6.07, 6.45) is 0. The van der Waals surface area contributed by atoms with Crippen LogP contribution < -0.4 is 16.8 Å². The molecule has 15 heteroatoms. The number of aromatic nitrogens is 1. The summed E-state index contributed by atoms with van der Waals surface area (Å²) in [6.45, 7) is 0. The molecule has 166 valence electrons. The van der Waals surface area contributed by atoms with Crippen molar-refractivity contribution in [2.45, 2.75) is 11.4 Å². The predicted molar refractivity (Wildman–Crippen MR) is 116 cm³/mol. The molecule has 2 atom stereocenters. The second-order valence-corrected chi connectivity index (χ2v) is 9.25. The second kappa shape index (κ2) is 9.57. The molecule has 1 aromatic rings. The molecule has 0 radical (unpaired) electrons. The van der Waals surface area contributed by atoms with Gasteiger partial charge < -0.3 is 26.7 Å². The number of hydrogen-bond donors (Lipinski definition) is 4. The Kier molecular flexibility index (Phi) is 7.07. The third-order valence-electron chi connectivity index (χ3n) is 4.22. The molecule has 1 aromatic heterocycles. The molecule has 3 heterocycles. The number of nitrogens with one attached hydrogen (secondary N) is 1. The van der Waals surface area contributed by atoms with Crippen LogP contribution in [0.4, 0.5) is 5.13 Å². The van der Waals surface area contributed by atoms with E-state index in [9.17, 15) is 24.3 Å². The van der Waals surface area contributed by atoms with Crippen LogP contribution in [0.2, 0.25) is 0 Å². The lowest BCUT2D eigenvalue weighted by Gasteiger charge is -2.49. The summed E-state index contributed by atoms with van der Waals surface area (Å²) in [5.74, 6) is -2.40. The van der Waals surface area contributed by atoms with Gasteiger partial charge in [-0.1, -0.05) is 5.16 Å². The van der Waals surface area contributed by atoms with Crippen molar-refractivity contribution < 1.29 is 29.1 Å². The molecule has 3 rings (SSSR count). The molecule has 0 bridgehead atoms.